The summed E-state index contributed by atoms with van der Waals surface area (Å²) in [6.07, 6.45) is 3.79. The number of hydrogen-bond acceptors (Lipinski definition) is 3. The normalized spacial score (nSPS) is 11.3. The Morgan fingerprint density at radius 3 is 2.27 bits per heavy atom. The summed E-state index contributed by atoms with van der Waals surface area (Å²) >= 11 is 0. The van der Waals surface area contributed by atoms with Gasteiger partial charge in [-0.1, -0.05) is 19.9 Å². The number of rotatable bonds is 6. The molecule has 0 rings (SSSR count). The molecule has 0 radical (unpaired) electrons. The van der Waals surface area contributed by atoms with Gasteiger partial charge in [-0.3, -0.25) is 9.59 Å². The number of allylic oxidation sites excluding steroid dienone is 2. The van der Waals surface area contributed by atoms with E-state index < -0.39 is 5.97 Å². The largest absolute Gasteiger partial charge is 0.463 e. The van der Waals surface area contributed by atoms with Gasteiger partial charge < -0.3 is 4.74 Å². The average molecular weight is 212 g/mol. The zero-order valence-electron chi connectivity index (χ0n) is 9.95. The molecule has 0 aliphatic carbocycles. The third kappa shape index (κ3) is 9.19. The van der Waals surface area contributed by atoms with E-state index in [1.54, 1.807) is 19.9 Å². The molecule has 0 fully saturated rings. The lowest BCUT2D eigenvalue weighted by Gasteiger charge is -2.05. The minimum atomic E-state index is -0.454. The van der Waals surface area contributed by atoms with Gasteiger partial charge in [0.1, 0.15) is 6.42 Å². The molecule has 0 aliphatic heterocycles. The summed E-state index contributed by atoms with van der Waals surface area (Å²) in [5, 5.41) is 0. The van der Waals surface area contributed by atoms with Crippen molar-refractivity contribution in [3.05, 3.63) is 12.2 Å². The van der Waals surface area contributed by atoms with E-state index in [1.165, 1.54) is 6.08 Å². The summed E-state index contributed by atoms with van der Waals surface area (Å²) in [6.45, 7) is 7.66. The molecule has 0 aromatic rings. The van der Waals surface area contributed by atoms with E-state index in [0.717, 1.165) is 6.42 Å². The van der Waals surface area contributed by atoms with Crippen LogP contribution in [-0.2, 0) is 14.3 Å². The second-order valence-corrected chi connectivity index (χ2v) is 4.21. The average Bonchev–Trinajstić information content (AvgIpc) is 2.00. The molecule has 0 heterocycles. The minimum Gasteiger partial charge on any atom is -0.463 e. The fourth-order valence-corrected chi connectivity index (χ4v) is 0.977. The van der Waals surface area contributed by atoms with Gasteiger partial charge in [0.25, 0.3) is 0 Å². The molecule has 0 unspecified atom stereocenters. The Labute approximate surface area is 91.5 Å². The smallest absolute Gasteiger partial charge is 0.313 e. The molecule has 86 valence electrons. The van der Waals surface area contributed by atoms with E-state index in [1.807, 2.05) is 0 Å². The van der Waals surface area contributed by atoms with Gasteiger partial charge in [-0.2, -0.15) is 0 Å². The number of ether oxygens (including phenoxy) is 1. The lowest BCUT2D eigenvalue weighted by Crippen LogP contribution is -2.14. The maximum Gasteiger partial charge on any atom is 0.313 e. The monoisotopic (exact) mass is 212 g/mol. The van der Waals surface area contributed by atoms with Crippen LogP contribution in [0.1, 0.15) is 40.5 Å². The van der Waals surface area contributed by atoms with Crippen LogP contribution in [-0.4, -0.2) is 17.9 Å². The van der Waals surface area contributed by atoms with Crippen molar-refractivity contribution in [2.24, 2.45) is 5.92 Å². The first-order valence-electron chi connectivity index (χ1n) is 5.30. The van der Waals surface area contributed by atoms with E-state index >= 15 is 0 Å². The Morgan fingerprint density at radius 2 is 1.80 bits per heavy atom. The van der Waals surface area contributed by atoms with Crippen molar-refractivity contribution in [3.8, 4) is 0 Å². The molecule has 0 aliphatic rings. The van der Waals surface area contributed by atoms with E-state index in [4.69, 9.17) is 4.74 Å². The third-order valence-electron chi connectivity index (χ3n) is 1.60. The van der Waals surface area contributed by atoms with Gasteiger partial charge in [-0.15, -0.1) is 0 Å². The summed E-state index contributed by atoms with van der Waals surface area (Å²) in [4.78, 5) is 22.3. The van der Waals surface area contributed by atoms with Crippen molar-refractivity contribution in [1.82, 2.24) is 0 Å². The highest BCUT2D eigenvalue weighted by Crippen LogP contribution is 2.01. The first kappa shape index (κ1) is 13.9. The Kier molecular flexibility index (Phi) is 6.67. The molecule has 0 amide bonds. The zero-order chi connectivity index (χ0) is 11.8. The molecule has 0 aromatic carbocycles. The van der Waals surface area contributed by atoms with Crippen molar-refractivity contribution in [2.75, 3.05) is 0 Å². The molecule has 3 heteroatoms. The fourth-order valence-electron chi connectivity index (χ4n) is 0.977. The molecule has 0 atom stereocenters. The van der Waals surface area contributed by atoms with Gasteiger partial charge in [0.15, 0.2) is 5.78 Å². The van der Waals surface area contributed by atoms with Crippen LogP contribution in [0.4, 0.5) is 0 Å². The van der Waals surface area contributed by atoms with Gasteiger partial charge >= 0.3 is 5.97 Å². The molecule has 3 nitrogen and oxygen atoms in total. The third-order valence-corrected chi connectivity index (χ3v) is 1.60. The summed E-state index contributed by atoms with van der Waals surface area (Å²) in [7, 11) is 0. The van der Waals surface area contributed by atoms with E-state index in [2.05, 4.69) is 13.8 Å². The van der Waals surface area contributed by atoms with Crippen LogP contribution in [0.25, 0.3) is 0 Å². The van der Waals surface area contributed by atoms with E-state index in [-0.39, 0.29) is 18.3 Å². The second-order valence-electron chi connectivity index (χ2n) is 4.21. The van der Waals surface area contributed by atoms with Crippen LogP contribution in [0.2, 0.25) is 0 Å². The first-order chi connectivity index (χ1) is 6.91. The molecule has 15 heavy (non-hydrogen) atoms. The van der Waals surface area contributed by atoms with Crippen LogP contribution < -0.4 is 0 Å². The highest BCUT2D eigenvalue weighted by atomic mass is 16.5. The van der Waals surface area contributed by atoms with Gasteiger partial charge in [-0.25, -0.2) is 0 Å². The fraction of sp³-hybridized carbons (Fsp3) is 0.667. The molecule has 0 N–H and O–H groups in total. The standard InChI is InChI=1S/C12H20O3/c1-9(2)6-5-7-11(13)8-12(14)15-10(3)4/h5,7,9-10H,6,8H2,1-4H3/b7-5+. The van der Waals surface area contributed by atoms with Crippen LogP contribution in [0, 0.1) is 5.92 Å². The second kappa shape index (κ2) is 7.21. The Bertz CT molecular complexity index is 239. The maximum atomic E-state index is 11.2. The highest BCUT2D eigenvalue weighted by molar-refractivity contribution is 6.01. The maximum absolute atomic E-state index is 11.2. The van der Waals surface area contributed by atoms with Crippen molar-refractivity contribution in [2.45, 2.75) is 46.6 Å². The predicted molar refractivity (Wildman–Crippen MR) is 59.4 cm³/mol. The highest BCUT2D eigenvalue weighted by Gasteiger charge is 2.09. The van der Waals surface area contributed by atoms with Gasteiger partial charge in [-0.05, 0) is 32.3 Å². The number of ketones is 1. The molecule has 0 saturated carbocycles. The Hall–Kier alpha value is -1.12. The number of carbonyl (C=O) groups excluding carboxylic acids is 2. The first-order valence-corrected chi connectivity index (χ1v) is 5.30. The zero-order valence-corrected chi connectivity index (χ0v) is 9.95. The molecule has 0 aromatic heterocycles. The Morgan fingerprint density at radius 1 is 1.20 bits per heavy atom. The van der Waals surface area contributed by atoms with Gasteiger partial charge in [0, 0.05) is 0 Å². The van der Waals surface area contributed by atoms with Gasteiger partial charge in [0.2, 0.25) is 0 Å². The van der Waals surface area contributed by atoms with Crippen molar-refractivity contribution < 1.29 is 14.3 Å². The molecule has 0 saturated heterocycles. The lowest BCUT2D eigenvalue weighted by atomic mass is 10.1. The SMILES string of the molecule is CC(C)C/C=C/C(=O)CC(=O)OC(C)C. The van der Waals surface area contributed by atoms with E-state index in [9.17, 15) is 9.59 Å². The lowest BCUT2D eigenvalue weighted by molar-refractivity contribution is -0.148. The quantitative estimate of drug-likeness (QED) is 0.386. The molecule has 0 bridgehead atoms. The van der Waals surface area contributed by atoms with Crippen molar-refractivity contribution in [1.29, 1.82) is 0 Å². The predicted octanol–water partition coefficient (Wildman–Crippen LogP) is 2.50. The molecular formula is C12H20O3. The number of esters is 1. The van der Waals surface area contributed by atoms with Crippen LogP contribution in [0.5, 0.6) is 0 Å². The molecular weight excluding hydrogens is 192 g/mol. The molecule has 0 spiro atoms. The number of carbonyl (C=O) groups is 2. The minimum absolute atomic E-state index is 0.160. The van der Waals surface area contributed by atoms with Crippen molar-refractivity contribution >= 4 is 11.8 Å². The van der Waals surface area contributed by atoms with Crippen LogP contribution in [0.15, 0.2) is 12.2 Å². The van der Waals surface area contributed by atoms with Crippen LogP contribution >= 0.6 is 0 Å². The van der Waals surface area contributed by atoms with Crippen LogP contribution in [0.3, 0.4) is 0 Å². The van der Waals surface area contributed by atoms with Gasteiger partial charge in [0.05, 0.1) is 6.10 Å². The number of hydrogen-bond donors (Lipinski definition) is 0. The topological polar surface area (TPSA) is 43.4 Å². The summed E-state index contributed by atoms with van der Waals surface area (Å²) in [5.41, 5.74) is 0. The summed E-state index contributed by atoms with van der Waals surface area (Å²) < 4.78 is 4.85. The van der Waals surface area contributed by atoms with Crippen molar-refractivity contribution in [3.63, 3.8) is 0 Å². The summed E-state index contributed by atoms with van der Waals surface area (Å²) in [6, 6.07) is 0. The van der Waals surface area contributed by atoms with E-state index in [0.29, 0.717) is 5.92 Å². The summed E-state index contributed by atoms with van der Waals surface area (Å²) in [5.74, 6) is -0.123. The Balaban J connectivity index is 3.83.